The number of carboxylic acid groups (broad SMARTS) is 1. The van der Waals surface area contributed by atoms with Gasteiger partial charge in [-0.05, 0) is 119 Å². The first-order valence-electron chi connectivity index (χ1n) is 36.2. The van der Waals surface area contributed by atoms with Crippen molar-refractivity contribution in [2.75, 3.05) is 16.8 Å². The molecule has 0 saturated carbocycles. The smallest absolute Gasteiger partial charge is 0.374 e. The number of nitrogens with zero attached hydrogens (tertiary/aromatic N) is 11. The molecule has 6 atom stereocenters. The highest BCUT2D eigenvalue weighted by Gasteiger charge is 2.47. The Labute approximate surface area is 680 Å². The minimum Gasteiger partial charge on any atom is -0.477 e. The number of benzene rings is 6. The van der Waals surface area contributed by atoms with Crippen LogP contribution in [0.1, 0.15) is 81.8 Å². The molecule has 12 aromatic rings. The van der Waals surface area contributed by atoms with Crippen LogP contribution in [0.25, 0.3) is 49.8 Å². The van der Waals surface area contributed by atoms with Gasteiger partial charge in [-0.2, -0.15) is 50.4 Å². The molecule has 3 aliphatic rings. The fourth-order valence-electron chi connectivity index (χ4n) is 13.1. The van der Waals surface area contributed by atoms with E-state index in [1.807, 2.05) is 53.3 Å². The molecule has 3 fully saturated rings. The van der Waals surface area contributed by atoms with Gasteiger partial charge in [-0.1, -0.05) is 91.0 Å². The van der Waals surface area contributed by atoms with Gasteiger partial charge < -0.3 is 55.6 Å². The van der Waals surface area contributed by atoms with E-state index in [0.717, 1.165) is 44.0 Å². The van der Waals surface area contributed by atoms with Crippen LogP contribution in [-0.4, -0.2) is 138 Å². The number of anilines is 2. The molecule has 0 spiro atoms. The summed E-state index contributed by atoms with van der Waals surface area (Å²) in [4.78, 5) is 120. The van der Waals surface area contributed by atoms with E-state index in [9.17, 15) is 83.1 Å². The summed E-state index contributed by atoms with van der Waals surface area (Å²) in [6, 6.07) is 49.3. The van der Waals surface area contributed by atoms with Crippen molar-refractivity contribution in [1.82, 2.24) is 64.3 Å². The zero-order chi connectivity index (χ0) is 86.0. The van der Waals surface area contributed by atoms with Gasteiger partial charge in [0, 0.05) is 136 Å². The first-order chi connectivity index (χ1) is 55.7. The number of aliphatic carboxylic acids is 1. The van der Waals surface area contributed by atoms with E-state index in [2.05, 4.69) is 71.0 Å². The quantitative estimate of drug-likeness (QED) is 0.0410. The number of nitrogens with two attached hydrogens (primary N) is 1. The van der Waals surface area contributed by atoms with Crippen LogP contribution in [0.2, 0.25) is 0 Å². The average Bonchev–Trinajstić information content (AvgIpc) is 1.61. The number of hydrogen-bond acceptors (Lipinski definition) is 14. The Balaban J connectivity index is 0.000000166. The largest absolute Gasteiger partial charge is 0.477 e. The molecule has 0 aliphatic carbocycles. The summed E-state index contributed by atoms with van der Waals surface area (Å²) >= 11 is 2.28. The predicted molar refractivity (Wildman–Crippen MR) is 432 cm³/mol. The van der Waals surface area contributed by atoms with Crippen LogP contribution in [0.3, 0.4) is 0 Å². The summed E-state index contributed by atoms with van der Waals surface area (Å²) in [5, 5.41) is 33.0. The number of rotatable bonds is 15. The lowest BCUT2D eigenvalue weighted by Gasteiger charge is -2.29. The van der Waals surface area contributed by atoms with Crippen LogP contribution in [-0.2, 0) is 54.7 Å². The minimum absolute atomic E-state index is 0.00137. The molecular formula is C82H79F8IN16O11. The van der Waals surface area contributed by atoms with Crippen molar-refractivity contribution in [1.29, 1.82) is 0 Å². The Morgan fingerprint density at radius 2 is 0.729 bits per heavy atom. The third-order valence-electron chi connectivity index (χ3n) is 18.9. The van der Waals surface area contributed by atoms with Crippen molar-refractivity contribution in [3.8, 4) is 17.1 Å². The molecular weight excluding hydrogens is 1660 g/mol. The number of carbonyl (C=O) groups excluding carboxylic acids is 6. The van der Waals surface area contributed by atoms with Crippen LogP contribution in [0.4, 0.5) is 46.5 Å². The van der Waals surface area contributed by atoms with Gasteiger partial charge in [0.05, 0.1) is 88.5 Å². The number of carboxylic acids is 1. The Morgan fingerprint density at radius 3 is 1.05 bits per heavy atom. The second-order valence-corrected chi connectivity index (χ2v) is 29.0. The SMILES string of the molecule is CC(F)(F)C(=O)N[C@H]1CC(=O)N[C@@H]1c1ccccc1.CC(F)(F)C(=O)O.CN.Cn1cc(-n2ncc3cc(I)ccc32)ccc1=O.Cn1cc(-n2ncc3cc(N4C(=O)C[C@@H](NC(=O)C(C)(F)F)[C@@H]4c4ccccc4)ccc32)ccc1=O.Cn1cc(-n2ncc3cc(N4C(=O)C[C@H](NC(=O)C(C)(F)F)[C@H]4c4ccccc4)ccc32)ccc1=O. The summed E-state index contributed by atoms with van der Waals surface area (Å²) in [5.41, 5.74) is 12.4. The standard InChI is InChI=1S/2C26H23F2N5O3.C13H14F2N2O2.C13H10IN3O.C3H4F2O2.CH5N/c2*1-26(27,28)25(36)30-20-13-23(35)32(24(20)16-6-4-3-5-7-16)18-8-10-21-17(12-18)14-29-33(21)19-9-11-22(34)31(2)15-19;1-13(14,15)12(19)16-9-7-10(18)17-11(9)8-5-3-2-4-6-8;1-16-8-11(3-5-13(16)18)17-12-4-2-10(14)6-9(12)7-15-17;1-3(4,5)2(6)7;1-2/h2*3-12,14-15,20,24H,13H2,1-2H3,(H,30,36);2-6,9,11H,7H2,1H3,(H,16,19)(H,17,18);2-8H,1H3;1H3,(H,6,7);2H2,1H3/t2*20-,24+;9-,11+;;;/m100.../s1. The van der Waals surface area contributed by atoms with Crippen LogP contribution < -0.4 is 53.5 Å². The molecule has 0 bridgehead atoms. The molecule has 9 heterocycles. The van der Waals surface area contributed by atoms with E-state index in [4.69, 9.17) is 5.11 Å². The fourth-order valence-corrected chi connectivity index (χ4v) is 13.6. The number of amides is 6. The number of aromatic nitrogens is 9. The Kier molecular flexibility index (Phi) is 27.0. The van der Waals surface area contributed by atoms with Gasteiger partial charge in [-0.3, -0.25) is 43.2 Å². The molecule has 6 aromatic carbocycles. The summed E-state index contributed by atoms with van der Waals surface area (Å²) in [7, 11) is 6.55. The highest BCUT2D eigenvalue weighted by molar-refractivity contribution is 14.1. The van der Waals surface area contributed by atoms with Gasteiger partial charge in [0.25, 0.3) is 17.7 Å². The number of pyridine rings is 3. The second-order valence-electron chi connectivity index (χ2n) is 27.8. The summed E-state index contributed by atoms with van der Waals surface area (Å²) < 4.78 is 114. The molecule has 15 rings (SSSR count). The maximum atomic E-state index is 13.6. The van der Waals surface area contributed by atoms with Gasteiger partial charge in [0.2, 0.25) is 34.4 Å². The van der Waals surface area contributed by atoms with Crippen molar-refractivity contribution in [3.05, 3.63) is 270 Å². The average molecular weight is 1740 g/mol. The second kappa shape index (κ2) is 36.4. The molecule has 118 heavy (non-hydrogen) atoms. The van der Waals surface area contributed by atoms with Crippen molar-refractivity contribution in [2.45, 2.75) is 107 Å². The molecule has 0 unspecified atom stereocenters. The number of alkyl halides is 8. The van der Waals surface area contributed by atoms with Gasteiger partial charge in [0.15, 0.2) is 0 Å². The van der Waals surface area contributed by atoms with Gasteiger partial charge in [0.1, 0.15) is 0 Å². The van der Waals surface area contributed by atoms with Crippen LogP contribution in [0.5, 0.6) is 0 Å². The molecule has 3 saturated heterocycles. The molecule has 36 heteroatoms. The third-order valence-corrected chi connectivity index (χ3v) is 19.5. The molecule has 27 nitrogen and oxygen atoms in total. The van der Waals surface area contributed by atoms with E-state index >= 15 is 0 Å². The fraction of sp³-hybridized carbons (Fsp3) is 0.256. The van der Waals surface area contributed by atoms with Gasteiger partial charge in [-0.25, -0.2) is 18.8 Å². The lowest BCUT2D eigenvalue weighted by Crippen LogP contribution is -2.46. The Hall–Kier alpha value is -13.0. The maximum Gasteiger partial charge on any atom is 0.374 e. The Bertz CT molecular complexity index is 5650. The number of carbonyl (C=O) groups is 7. The number of nitrogens with one attached hydrogen (secondary N) is 4. The van der Waals surface area contributed by atoms with Crippen molar-refractivity contribution in [3.63, 3.8) is 0 Å². The predicted octanol–water partition coefficient (Wildman–Crippen LogP) is 10.7. The van der Waals surface area contributed by atoms with Crippen molar-refractivity contribution >= 4 is 108 Å². The number of halogens is 9. The summed E-state index contributed by atoms with van der Waals surface area (Å²) in [5.74, 6) is -21.3. The topological polar surface area (TPSA) is 340 Å². The van der Waals surface area contributed by atoms with Crippen LogP contribution >= 0.6 is 22.6 Å². The zero-order valence-electron chi connectivity index (χ0n) is 64.3. The molecule has 3 aliphatic heterocycles. The highest BCUT2D eigenvalue weighted by atomic mass is 127. The maximum absolute atomic E-state index is 13.6. The molecule has 6 amide bonds. The first-order valence-corrected chi connectivity index (χ1v) is 37.3. The van der Waals surface area contributed by atoms with Crippen LogP contribution in [0, 0.1) is 3.57 Å². The number of fused-ring (bicyclic) bond motifs is 3. The zero-order valence-corrected chi connectivity index (χ0v) is 66.5. The number of aryl methyl sites for hydroxylation is 3. The minimum atomic E-state index is -3.58. The molecule has 0 radical (unpaired) electrons. The van der Waals surface area contributed by atoms with E-state index in [1.165, 1.54) is 41.7 Å². The lowest BCUT2D eigenvalue weighted by molar-refractivity contribution is -0.162. The van der Waals surface area contributed by atoms with E-state index in [-0.39, 0.29) is 53.7 Å². The highest BCUT2D eigenvalue weighted by Crippen LogP contribution is 2.42. The molecule has 616 valence electrons. The number of hydrogen-bond donors (Lipinski definition) is 6. The lowest BCUT2D eigenvalue weighted by atomic mass is 9.99. The summed E-state index contributed by atoms with van der Waals surface area (Å²) in [6.45, 7) is 1.93. The molecule has 6 aromatic heterocycles. The molecule has 7 N–H and O–H groups in total. The van der Waals surface area contributed by atoms with E-state index in [1.54, 1.807) is 187 Å². The third kappa shape index (κ3) is 20.6. The van der Waals surface area contributed by atoms with E-state index in [0.29, 0.717) is 61.6 Å². The van der Waals surface area contributed by atoms with Crippen molar-refractivity contribution in [2.24, 2.45) is 26.9 Å². The monoisotopic (exact) mass is 1740 g/mol. The normalized spacial score (nSPS) is 17.2. The first kappa shape index (κ1) is 87.4. The van der Waals surface area contributed by atoms with Gasteiger partial charge >= 0.3 is 29.7 Å². The van der Waals surface area contributed by atoms with E-state index < -0.39 is 83.6 Å². The Morgan fingerprint density at radius 1 is 0.424 bits per heavy atom. The van der Waals surface area contributed by atoms with Gasteiger partial charge in [-0.15, -0.1) is 0 Å². The van der Waals surface area contributed by atoms with Crippen molar-refractivity contribution < 1.29 is 73.8 Å². The summed E-state index contributed by atoms with van der Waals surface area (Å²) in [6.07, 6.45) is 10.0. The van der Waals surface area contributed by atoms with Crippen LogP contribution in [0.15, 0.2) is 234 Å².